The zero-order valence-electron chi connectivity index (χ0n) is 9.87. The first-order valence-corrected chi connectivity index (χ1v) is 5.25. The molecule has 0 saturated heterocycles. The average Bonchev–Trinajstić information content (AvgIpc) is 2.11. The topological polar surface area (TPSA) is 75.3 Å². The van der Waals surface area contributed by atoms with E-state index in [1.54, 1.807) is 19.9 Å². The third-order valence-electron chi connectivity index (χ3n) is 2.23. The molecule has 1 aromatic rings. The maximum atomic E-state index is 11.5. The highest BCUT2D eigenvalue weighted by molar-refractivity contribution is 5.92. The van der Waals surface area contributed by atoms with E-state index in [2.05, 4.69) is 5.32 Å². The normalized spacial score (nSPS) is 12.2. The van der Waals surface area contributed by atoms with Crippen molar-refractivity contribution in [3.05, 3.63) is 23.3 Å². The average molecular weight is 222 g/mol. The summed E-state index contributed by atoms with van der Waals surface area (Å²) in [6.07, 6.45) is 0.242. The number of hydrogen-bond acceptors (Lipinski definition) is 3. The lowest BCUT2D eigenvalue weighted by atomic mass is 10.1. The van der Waals surface area contributed by atoms with Crippen LogP contribution in [0.4, 0.5) is 5.69 Å². The number of anilines is 1. The van der Waals surface area contributed by atoms with E-state index in [4.69, 9.17) is 5.73 Å². The van der Waals surface area contributed by atoms with Gasteiger partial charge in [-0.15, -0.1) is 0 Å². The molecule has 88 valence electrons. The zero-order chi connectivity index (χ0) is 12.3. The summed E-state index contributed by atoms with van der Waals surface area (Å²) in [5.74, 6) is -0.0704. The number of carbonyl (C=O) groups is 1. The van der Waals surface area contributed by atoms with Gasteiger partial charge in [-0.1, -0.05) is 6.07 Å². The third kappa shape index (κ3) is 3.24. The molecule has 0 aliphatic heterocycles. The number of aryl methyl sites for hydroxylation is 2. The van der Waals surface area contributed by atoms with Crippen LogP contribution in [0.25, 0.3) is 0 Å². The Morgan fingerprint density at radius 1 is 1.50 bits per heavy atom. The minimum absolute atomic E-state index is 0.114. The molecule has 4 heteroatoms. The summed E-state index contributed by atoms with van der Waals surface area (Å²) in [6.45, 7) is 5.47. The van der Waals surface area contributed by atoms with E-state index >= 15 is 0 Å². The van der Waals surface area contributed by atoms with Crippen LogP contribution in [0.3, 0.4) is 0 Å². The molecule has 0 radical (unpaired) electrons. The van der Waals surface area contributed by atoms with Gasteiger partial charge in [-0.05, 0) is 38.0 Å². The Hall–Kier alpha value is -1.55. The van der Waals surface area contributed by atoms with E-state index in [9.17, 15) is 9.90 Å². The van der Waals surface area contributed by atoms with Gasteiger partial charge >= 0.3 is 0 Å². The number of amides is 1. The summed E-state index contributed by atoms with van der Waals surface area (Å²) in [7, 11) is 0. The van der Waals surface area contributed by atoms with Crippen molar-refractivity contribution < 1.29 is 9.90 Å². The fourth-order valence-electron chi connectivity index (χ4n) is 1.55. The number of rotatable bonds is 3. The first-order valence-electron chi connectivity index (χ1n) is 5.25. The van der Waals surface area contributed by atoms with Crippen LogP contribution in [-0.2, 0) is 4.79 Å². The lowest BCUT2D eigenvalue weighted by Crippen LogP contribution is -2.24. The molecule has 1 aromatic carbocycles. The molecule has 0 aliphatic carbocycles. The minimum Gasteiger partial charge on any atom is -0.505 e. The molecule has 1 amide bonds. The first kappa shape index (κ1) is 12.5. The maximum Gasteiger partial charge on any atom is 0.226 e. The molecule has 4 nitrogen and oxygen atoms in total. The van der Waals surface area contributed by atoms with Gasteiger partial charge in [0.1, 0.15) is 5.75 Å². The molecule has 0 saturated carbocycles. The fraction of sp³-hybridized carbons (Fsp3) is 0.417. The molecule has 1 unspecified atom stereocenters. The van der Waals surface area contributed by atoms with Crippen molar-refractivity contribution in [2.45, 2.75) is 33.2 Å². The van der Waals surface area contributed by atoms with Crippen LogP contribution in [0.5, 0.6) is 5.75 Å². The van der Waals surface area contributed by atoms with E-state index < -0.39 is 0 Å². The van der Waals surface area contributed by atoms with Crippen molar-refractivity contribution >= 4 is 11.6 Å². The molecule has 16 heavy (non-hydrogen) atoms. The molecule has 1 atom stereocenters. The zero-order valence-corrected chi connectivity index (χ0v) is 9.87. The second kappa shape index (κ2) is 4.99. The van der Waals surface area contributed by atoms with E-state index in [0.29, 0.717) is 5.69 Å². The van der Waals surface area contributed by atoms with Crippen molar-refractivity contribution in [3.63, 3.8) is 0 Å². The lowest BCUT2D eigenvalue weighted by Gasteiger charge is -2.11. The second-order valence-electron chi connectivity index (χ2n) is 4.21. The standard InChI is InChI=1S/C12H18N2O2/c1-7-4-8(2)12(16)10(5-7)14-11(15)6-9(3)13/h4-5,9,16H,6,13H2,1-3H3,(H,14,15). The van der Waals surface area contributed by atoms with Gasteiger partial charge in [0.15, 0.2) is 0 Å². The van der Waals surface area contributed by atoms with E-state index in [0.717, 1.165) is 11.1 Å². The Kier molecular flexibility index (Phi) is 3.90. The number of benzene rings is 1. The van der Waals surface area contributed by atoms with Crippen LogP contribution in [0.1, 0.15) is 24.5 Å². The molecule has 0 aromatic heterocycles. The Morgan fingerprint density at radius 3 is 2.69 bits per heavy atom. The van der Waals surface area contributed by atoms with Crippen LogP contribution in [0.15, 0.2) is 12.1 Å². The smallest absolute Gasteiger partial charge is 0.226 e. The van der Waals surface area contributed by atoms with Crippen LogP contribution < -0.4 is 11.1 Å². The van der Waals surface area contributed by atoms with Gasteiger partial charge in [-0.3, -0.25) is 4.79 Å². The number of nitrogens with two attached hydrogens (primary N) is 1. The Bertz CT molecular complexity index is 400. The predicted octanol–water partition coefficient (Wildman–Crippen LogP) is 1.68. The van der Waals surface area contributed by atoms with Gasteiger partial charge < -0.3 is 16.2 Å². The van der Waals surface area contributed by atoms with Gasteiger partial charge in [0.2, 0.25) is 5.91 Å². The van der Waals surface area contributed by atoms with Crippen molar-refractivity contribution in [3.8, 4) is 5.75 Å². The SMILES string of the molecule is Cc1cc(C)c(O)c(NC(=O)CC(C)N)c1. The molecular weight excluding hydrogens is 204 g/mol. The van der Waals surface area contributed by atoms with E-state index in [-0.39, 0.29) is 24.1 Å². The summed E-state index contributed by atoms with van der Waals surface area (Å²) in [4.78, 5) is 11.5. The number of hydrogen-bond donors (Lipinski definition) is 3. The maximum absolute atomic E-state index is 11.5. The second-order valence-corrected chi connectivity index (χ2v) is 4.21. The summed E-state index contributed by atoms with van der Waals surface area (Å²) < 4.78 is 0. The summed E-state index contributed by atoms with van der Waals surface area (Å²) in [5, 5.41) is 12.4. The van der Waals surface area contributed by atoms with Gasteiger partial charge in [0, 0.05) is 12.5 Å². The molecule has 4 N–H and O–H groups in total. The van der Waals surface area contributed by atoms with E-state index in [1.807, 2.05) is 13.0 Å². The van der Waals surface area contributed by atoms with Gasteiger partial charge in [-0.2, -0.15) is 0 Å². The van der Waals surface area contributed by atoms with Crippen LogP contribution in [0, 0.1) is 13.8 Å². The fourth-order valence-corrected chi connectivity index (χ4v) is 1.55. The van der Waals surface area contributed by atoms with E-state index in [1.165, 1.54) is 0 Å². The quantitative estimate of drug-likeness (QED) is 0.681. The monoisotopic (exact) mass is 222 g/mol. The minimum atomic E-state index is -0.187. The van der Waals surface area contributed by atoms with Crippen LogP contribution in [-0.4, -0.2) is 17.1 Å². The Labute approximate surface area is 95.5 Å². The highest BCUT2D eigenvalue weighted by Crippen LogP contribution is 2.28. The number of phenols is 1. The van der Waals surface area contributed by atoms with Crippen molar-refractivity contribution in [2.24, 2.45) is 5.73 Å². The third-order valence-corrected chi connectivity index (χ3v) is 2.23. The van der Waals surface area contributed by atoms with Gasteiger partial charge in [-0.25, -0.2) is 0 Å². The van der Waals surface area contributed by atoms with Crippen molar-refractivity contribution in [1.29, 1.82) is 0 Å². The van der Waals surface area contributed by atoms with Crippen LogP contribution >= 0.6 is 0 Å². The summed E-state index contributed by atoms with van der Waals surface area (Å²) >= 11 is 0. The van der Waals surface area contributed by atoms with Gasteiger partial charge in [0.25, 0.3) is 0 Å². The molecule has 0 aliphatic rings. The number of nitrogens with one attached hydrogen (secondary N) is 1. The predicted molar refractivity (Wildman–Crippen MR) is 64.5 cm³/mol. The first-order chi connectivity index (χ1) is 7.40. The molecule has 0 spiro atoms. The Balaban J connectivity index is 2.85. The largest absolute Gasteiger partial charge is 0.505 e. The van der Waals surface area contributed by atoms with Crippen LogP contribution in [0.2, 0.25) is 0 Å². The lowest BCUT2D eigenvalue weighted by molar-refractivity contribution is -0.116. The number of phenolic OH excluding ortho intramolecular Hbond substituents is 1. The molecule has 0 fully saturated rings. The number of aromatic hydroxyl groups is 1. The van der Waals surface area contributed by atoms with Crippen molar-refractivity contribution in [1.82, 2.24) is 0 Å². The molecule has 0 bridgehead atoms. The summed E-state index contributed by atoms with van der Waals surface area (Å²) in [5.41, 5.74) is 7.71. The summed E-state index contributed by atoms with van der Waals surface area (Å²) in [6, 6.07) is 3.41. The molecule has 0 heterocycles. The van der Waals surface area contributed by atoms with Crippen molar-refractivity contribution in [2.75, 3.05) is 5.32 Å². The molecular formula is C12H18N2O2. The highest BCUT2D eigenvalue weighted by atomic mass is 16.3. The molecule has 1 rings (SSSR count). The van der Waals surface area contributed by atoms with Gasteiger partial charge in [0.05, 0.1) is 5.69 Å². The Morgan fingerprint density at radius 2 is 2.12 bits per heavy atom. The number of carbonyl (C=O) groups excluding carboxylic acids is 1. The highest BCUT2D eigenvalue weighted by Gasteiger charge is 2.10.